The monoisotopic (exact) mass is 616 g/mol. The number of ether oxygens (including phenoxy) is 2. The van der Waals surface area contributed by atoms with Crippen molar-refractivity contribution in [3.05, 3.63) is 119 Å². The van der Waals surface area contributed by atoms with Crippen LogP contribution in [0.25, 0.3) is 21.6 Å². The fourth-order valence-electron chi connectivity index (χ4n) is 5.64. The van der Waals surface area contributed by atoms with E-state index in [1.807, 2.05) is 92.0 Å². The molecule has 1 saturated heterocycles. The summed E-state index contributed by atoms with van der Waals surface area (Å²) in [5, 5.41) is 12.2. The topological polar surface area (TPSA) is 106 Å². The van der Waals surface area contributed by atoms with Gasteiger partial charge >= 0.3 is 5.91 Å². The van der Waals surface area contributed by atoms with Crippen molar-refractivity contribution in [2.24, 2.45) is 0 Å². The summed E-state index contributed by atoms with van der Waals surface area (Å²) < 4.78 is 14.4. The molecule has 0 saturated carbocycles. The number of hydrogen-bond donors (Lipinski definition) is 1. The largest absolute Gasteiger partial charge is 0.505 e. The van der Waals surface area contributed by atoms with Gasteiger partial charge in [0.25, 0.3) is 5.78 Å². The standard InChI is InChI=1S/C35H28N4O5S/c1-4-43-24-15-16-26-27(19-24)45-35(36-26)39-30(22-11-8-14-25(18-22)44-23-12-6-5-7-13-23)28(32(41)34(39)42)31(40)29-21(3)38-17-9-10-20(2)33(38)37-29/h5-19,30,40H,4H2,1-3H3/b31-28+. The smallest absolute Gasteiger partial charge is 0.301 e. The highest BCUT2D eigenvalue weighted by Gasteiger charge is 2.48. The summed E-state index contributed by atoms with van der Waals surface area (Å²) in [4.78, 5) is 38.6. The average molecular weight is 617 g/mol. The van der Waals surface area contributed by atoms with E-state index in [0.717, 1.165) is 10.3 Å². The molecule has 1 N–H and O–H groups in total. The predicted octanol–water partition coefficient (Wildman–Crippen LogP) is 7.38. The summed E-state index contributed by atoms with van der Waals surface area (Å²) in [5.74, 6) is -0.144. The number of aryl methyl sites for hydroxylation is 2. The van der Waals surface area contributed by atoms with Gasteiger partial charge < -0.3 is 19.0 Å². The lowest BCUT2D eigenvalue weighted by atomic mass is 9.96. The Hall–Kier alpha value is -5.48. The third-order valence-electron chi connectivity index (χ3n) is 7.77. The second-order valence-electron chi connectivity index (χ2n) is 10.6. The van der Waals surface area contributed by atoms with Crippen LogP contribution in [-0.4, -0.2) is 37.8 Å². The Morgan fingerprint density at radius 3 is 2.49 bits per heavy atom. The van der Waals surface area contributed by atoms with Crippen LogP contribution < -0.4 is 14.4 Å². The van der Waals surface area contributed by atoms with Crippen molar-refractivity contribution in [3.63, 3.8) is 0 Å². The molecule has 9 nitrogen and oxygen atoms in total. The molecule has 4 heterocycles. The van der Waals surface area contributed by atoms with Crippen molar-refractivity contribution < 1.29 is 24.2 Å². The first-order valence-electron chi connectivity index (χ1n) is 14.5. The molecule has 1 aliphatic heterocycles. The number of pyridine rings is 1. The van der Waals surface area contributed by atoms with E-state index in [1.165, 1.54) is 16.2 Å². The van der Waals surface area contributed by atoms with Crippen LogP contribution in [0, 0.1) is 13.8 Å². The molecule has 45 heavy (non-hydrogen) atoms. The summed E-state index contributed by atoms with van der Waals surface area (Å²) in [6.45, 7) is 6.16. The van der Waals surface area contributed by atoms with Crippen LogP contribution in [0.5, 0.6) is 17.2 Å². The zero-order chi connectivity index (χ0) is 31.2. The van der Waals surface area contributed by atoms with Crippen molar-refractivity contribution in [1.82, 2.24) is 14.4 Å². The first-order valence-corrected chi connectivity index (χ1v) is 15.3. The van der Waals surface area contributed by atoms with Crippen LogP contribution in [0.1, 0.15) is 35.5 Å². The number of hydrogen-bond acceptors (Lipinski definition) is 8. The number of aromatic nitrogens is 3. The molecule has 1 fully saturated rings. The first kappa shape index (κ1) is 28.3. The number of carbonyl (C=O) groups excluding carboxylic acids is 2. The normalized spacial score (nSPS) is 16.2. The lowest BCUT2D eigenvalue weighted by Crippen LogP contribution is -2.29. The zero-order valence-corrected chi connectivity index (χ0v) is 25.5. The minimum Gasteiger partial charge on any atom is -0.505 e. The lowest BCUT2D eigenvalue weighted by molar-refractivity contribution is -0.132. The number of aliphatic hydroxyl groups is 1. The molecule has 10 heteroatoms. The van der Waals surface area contributed by atoms with Crippen LogP contribution in [0.4, 0.5) is 5.13 Å². The maximum absolute atomic E-state index is 13.9. The minimum atomic E-state index is -0.999. The highest BCUT2D eigenvalue weighted by molar-refractivity contribution is 7.22. The molecular weight excluding hydrogens is 588 g/mol. The third-order valence-corrected chi connectivity index (χ3v) is 8.79. The molecule has 0 aliphatic carbocycles. The van der Waals surface area contributed by atoms with E-state index < -0.39 is 17.7 Å². The molecule has 7 rings (SSSR count). The maximum atomic E-state index is 13.9. The number of ketones is 1. The van der Waals surface area contributed by atoms with Gasteiger partial charge in [0.15, 0.2) is 10.9 Å². The van der Waals surface area contributed by atoms with Gasteiger partial charge in [0.1, 0.15) is 28.6 Å². The Labute approximate surface area is 262 Å². The minimum absolute atomic E-state index is 0.0738. The van der Waals surface area contributed by atoms with Crippen molar-refractivity contribution in [2.45, 2.75) is 26.8 Å². The van der Waals surface area contributed by atoms with Gasteiger partial charge in [-0.05, 0) is 80.4 Å². The SMILES string of the molecule is CCOc1ccc2nc(N3C(=O)C(=O)/C(=C(/O)c4nc5c(C)cccn5c4C)C3c3cccc(Oc4ccccc4)c3)sc2c1. The van der Waals surface area contributed by atoms with Crippen molar-refractivity contribution in [2.75, 3.05) is 11.5 Å². The number of rotatable bonds is 7. The number of fused-ring (bicyclic) bond motifs is 2. The summed E-state index contributed by atoms with van der Waals surface area (Å²) in [5.41, 5.74) is 3.58. The van der Waals surface area contributed by atoms with Crippen LogP contribution in [-0.2, 0) is 9.59 Å². The first-order chi connectivity index (χ1) is 21.8. The number of carbonyl (C=O) groups is 2. The predicted molar refractivity (Wildman–Crippen MR) is 173 cm³/mol. The fourth-order valence-corrected chi connectivity index (χ4v) is 6.66. The molecule has 6 aromatic rings. The van der Waals surface area contributed by atoms with Gasteiger partial charge in [0.2, 0.25) is 0 Å². The number of amides is 1. The third kappa shape index (κ3) is 4.89. The van der Waals surface area contributed by atoms with E-state index in [4.69, 9.17) is 19.4 Å². The molecule has 1 amide bonds. The summed E-state index contributed by atoms with van der Waals surface area (Å²) in [6.07, 6.45) is 1.85. The van der Waals surface area contributed by atoms with E-state index in [9.17, 15) is 14.7 Å². The van der Waals surface area contributed by atoms with Gasteiger partial charge in [-0.3, -0.25) is 14.5 Å². The number of thiazole rings is 1. The van der Waals surface area contributed by atoms with Crippen LogP contribution in [0.3, 0.4) is 0 Å². The number of imidazole rings is 1. The Kier molecular flexibility index (Phi) is 7.06. The van der Waals surface area contributed by atoms with Crippen molar-refractivity contribution in [3.8, 4) is 17.2 Å². The van der Waals surface area contributed by atoms with Gasteiger partial charge in [0, 0.05) is 6.20 Å². The van der Waals surface area contributed by atoms with Crippen LogP contribution >= 0.6 is 11.3 Å². The van der Waals surface area contributed by atoms with Crippen molar-refractivity contribution in [1.29, 1.82) is 0 Å². The molecule has 0 radical (unpaired) electrons. The Morgan fingerprint density at radius 1 is 0.911 bits per heavy atom. The Bertz CT molecular complexity index is 2150. The molecule has 1 aliphatic rings. The van der Waals surface area contributed by atoms with E-state index in [2.05, 4.69) is 0 Å². The summed E-state index contributed by atoms with van der Waals surface area (Å²) >= 11 is 1.27. The Morgan fingerprint density at radius 2 is 1.71 bits per heavy atom. The van der Waals surface area contributed by atoms with E-state index >= 15 is 0 Å². The maximum Gasteiger partial charge on any atom is 0.301 e. The Balaban J connectivity index is 1.41. The molecule has 1 atom stereocenters. The summed E-state index contributed by atoms with van der Waals surface area (Å²) in [6, 6.07) is 24.8. The highest BCUT2D eigenvalue weighted by atomic mass is 32.1. The van der Waals surface area contributed by atoms with E-state index in [1.54, 1.807) is 24.3 Å². The van der Waals surface area contributed by atoms with E-state index in [-0.39, 0.29) is 17.0 Å². The molecule has 224 valence electrons. The molecule has 0 bridgehead atoms. The van der Waals surface area contributed by atoms with Gasteiger partial charge in [-0.25, -0.2) is 9.97 Å². The lowest BCUT2D eigenvalue weighted by Gasteiger charge is -2.23. The number of Topliss-reactive ketones (excluding diaryl/α,β-unsaturated/α-hetero) is 1. The number of benzene rings is 3. The van der Waals surface area contributed by atoms with Crippen LogP contribution in [0.2, 0.25) is 0 Å². The second kappa shape index (κ2) is 11.2. The van der Waals surface area contributed by atoms with Crippen LogP contribution in [0.15, 0.2) is 96.7 Å². The molecular formula is C35H28N4O5S. The molecule has 1 unspecified atom stereocenters. The van der Waals surface area contributed by atoms with Crippen molar-refractivity contribution >= 4 is 49.8 Å². The van der Waals surface area contributed by atoms with E-state index in [0.29, 0.717) is 51.4 Å². The van der Waals surface area contributed by atoms with Gasteiger partial charge in [0.05, 0.1) is 34.1 Å². The number of anilines is 1. The second-order valence-corrected chi connectivity index (χ2v) is 11.7. The van der Waals surface area contributed by atoms with Gasteiger partial charge in [-0.1, -0.05) is 47.7 Å². The van der Waals surface area contributed by atoms with Gasteiger partial charge in [-0.2, -0.15) is 0 Å². The quantitative estimate of drug-likeness (QED) is 0.113. The van der Waals surface area contributed by atoms with Gasteiger partial charge in [-0.15, -0.1) is 0 Å². The summed E-state index contributed by atoms with van der Waals surface area (Å²) in [7, 11) is 0. The average Bonchev–Trinajstić information content (AvgIpc) is 3.69. The fraction of sp³-hybridized carbons (Fsp3) is 0.143. The highest BCUT2D eigenvalue weighted by Crippen LogP contribution is 2.45. The molecule has 3 aromatic carbocycles. The zero-order valence-electron chi connectivity index (χ0n) is 24.7. The number of aliphatic hydroxyl groups excluding tert-OH is 1. The molecule has 3 aromatic heterocycles. The number of nitrogens with zero attached hydrogens (tertiary/aromatic N) is 4. The molecule has 0 spiro atoms. The number of para-hydroxylation sites is 1.